The van der Waals surface area contributed by atoms with Crippen molar-refractivity contribution in [3.63, 3.8) is 0 Å². The van der Waals surface area contributed by atoms with Crippen LogP contribution in [0.1, 0.15) is 20.8 Å². The van der Waals surface area contributed by atoms with Gasteiger partial charge in [0.1, 0.15) is 0 Å². The summed E-state index contributed by atoms with van der Waals surface area (Å²) in [4.78, 5) is 16.6. The molecule has 0 spiro atoms. The van der Waals surface area contributed by atoms with Crippen LogP contribution in [0.4, 0.5) is 5.69 Å². The van der Waals surface area contributed by atoms with Gasteiger partial charge in [-0.2, -0.15) is 0 Å². The maximum absolute atomic E-state index is 12.3. The van der Waals surface area contributed by atoms with Crippen LogP contribution in [-0.4, -0.2) is 23.0 Å². The maximum atomic E-state index is 12.3. The van der Waals surface area contributed by atoms with E-state index in [0.29, 0.717) is 10.7 Å². The fourth-order valence-electron chi connectivity index (χ4n) is 2.05. The van der Waals surface area contributed by atoms with Crippen molar-refractivity contribution in [2.45, 2.75) is 26.3 Å². The van der Waals surface area contributed by atoms with Crippen molar-refractivity contribution in [1.82, 2.24) is 10.3 Å². The van der Waals surface area contributed by atoms with Crippen LogP contribution in [-0.2, 0) is 4.79 Å². The second-order valence-corrected chi connectivity index (χ2v) is 5.57. The first-order chi connectivity index (χ1) is 9.44. The zero-order chi connectivity index (χ0) is 14.8. The van der Waals surface area contributed by atoms with Gasteiger partial charge >= 0.3 is 0 Å². The smallest absolute Gasteiger partial charge is 0.244 e. The Morgan fingerprint density at radius 2 is 2.15 bits per heavy atom. The number of aromatic nitrogens is 1. The Labute approximate surface area is 123 Å². The van der Waals surface area contributed by atoms with Crippen molar-refractivity contribution in [3.8, 4) is 0 Å². The largest absolute Gasteiger partial charge is 0.323 e. The van der Waals surface area contributed by atoms with Gasteiger partial charge in [-0.15, -0.1) is 0 Å². The summed E-state index contributed by atoms with van der Waals surface area (Å²) < 4.78 is 0. The lowest BCUT2D eigenvalue weighted by Gasteiger charge is -2.24. The molecule has 0 aliphatic heterocycles. The molecule has 0 saturated carbocycles. The molecule has 4 nitrogen and oxygen atoms in total. The highest BCUT2D eigenvalue weighted by atomic mass is 35.5. The number of benzene rings is 1. The number of rotatable bonds is 4. The van der Waals surface area contributed by atoms with Crippen LogP contribution in [0.5, 0.6) is 0 Å². The number of hydrogen-bond donors (Lipinski definition) is 2. The molecule has 0 unspecified atom stereocenters. The molecule has 2 rings (SSSR count). The summed E-state index contributed by atoms with van der Waals surface area (Å²) in [5.74, 6) is -0.117. The Morgan fingerprint density at radius 1 is 1.40 bits per heavy atom. The molecule has 106 valence electrons. The number of halogens is 1. The average molecular weight is 292 g/mol. The molecule has 1 heterocycles. The number of hydrogen-bond acceptors (Lipinski definition) is 3. The Hall–Kier alpha value is -1.65. The minimum Gasteiger partial charge on any atom is -0.323 e. The van der Waals surface area contributed by atoms with Gasteiger partial charge in [0.25, 0.3) is 0 Å². The summed E-state index contributed by atoms with van der Waals surface area (Å²) >= 11 is 6.09. The van der Waals surface area contributed by atoms with Gasteiger partial charge in [0.05, 0.1) is 16.7 Å². The number of carbonyl (C=O) groups excluding carboxylic acids is 1. The van der Waals surface area contributed by atoms with Crippen molar-refractivity contribution < 1.29 is 4.79 Å². The summed E-state index contributed by atoms with van der Waals surface area (Å²) in [6, 6.07) is 7.30. The normalized spacial score (nSPS) is 11.6. The molecule has 20 heavy (non-hydrogen) atoms. The SMILES string of the molecule is CCNC(C)(C)C(=O)Nc1cc(Cl)cc2cccnc12. The van der Waals surface area contributed by atoms with Gasteiger partial charge in [-0.25, -0.2) is 0 Å². The summed E-state index contributed by atoms with van der Waals surface area (Å²) in [5.41, 5.74) is 0.708. The van der Waals surface area contributed by atoms with Crippen molar-refractivity contribution in [1.29, 1.82) is 0 Å². The standard InChI is InChI=1S/C15H18ClN3O/c1-4-18-15(2,3)14(20)19-12-9-11(16)8-10-6-5-7-17-13(10)12/h5-9,18H,4H2,1-3H3,(H,19,20). The second kappa shape index (κ2) is 5.77. The highest BCUT2D eigenvalue weighted by Gasteiger charge is 2.26. The first-order valence-corrected chi connectivity index (χ1v) is 6.92. The van der Waals surface area contributed by atoms with Gasteiger partial charge in [0.15, 0.2) is 0 Å². The first kappa shape index (κ1) is 14.8. The maximum Gasteiger partial charge on any atom is 0.244 e. The van der Waals surface area contributed by atoms with Crippen LogP contribution in [0.3, 0.4) is 0 Å². The lowest BCUT2D eigenvalue weighted by atomic mass is 10.0. The summed E-state index contributed by atoms with van der Waals surface area (Å²) in [7, 11) is 0. The number of anilines is 1. The number of carbonyl (C=O) groups is 1. The molecule has 5 heteroatoms. The number of likely N-dealkylation sites (N-methyl/N-ethyl adjacent to an activating group) is 1. The third-order valence-corrected chi connectivity index (χ3v) is 3.32. The fourth-order valence-corrected chi connectivity index (χ4v) is 2.28. The molecule has 2 aromatic rings. The molecule has 1 aromatic carbocycles. The van der Waals surface area contributed by atoms with E-state index in [1.165, 1.54) is 0 Å². The van der Waals surface area contributed by atoms with Crippen LogP contribution in [0.2, 0.25) is 5.02 Å². The van der Waals surface area contributed by atoms with E-state index in [-0.39, 0.29) is 5.91 Å². The van der Waals surface area contributed by atoms with Gasteiger partial charge in [0.2, 0.25) is 5.91 Å². The van der Waals surface area contributed by atoms with Crippen molar-refractivity contribution >= 4 is 34.1 Å². The first-order valence-electron chi connectivity index (χ1n) is 6.55. The Kier molecular flexibility index (Phi) is 4.26. The topological polar surface area (TPSA) is 54.0 Å². The molecule has 0 aliphatic rings. The second-order valence-electron chi connectivity index (χ2n) is 5.14. The van der Waals surface area contributed by atoms with Gasteiger partial charge in [-0.3, -0.25) is 9.78 Å². The van der Waals surface area contributed by atoms with E-state index in [1.807, 2.05) is 39.0 Å². The predicted molar refractivity (Wildman–Crippen MR) is 83.1 cm³/mol. The third kappa shape index (κ3) is 3.08. The highest BCUT2D eigenvalue weighted by molar-refractivity contribution is 6.32. The number of nitrogens with zero attached hydrogens (tertiary/aromatic N) is 1. The van der Waals surface area contributed by atoms with Crippen molar-refractivity contribution in [3.05, 3.63) is 35.5 Å². The Bertz CT molecular complexity index is 640. The molecule has 1 amide bonds. The van der Waals surface area contributed by atoms with E-state index >= 15 is 0 Å². The van der Waals surface area contributed by atoms with E-state index in [9.17, 15) is 4.79 Å². The molecule has 0 aliphatic carbocycles. The molecular formula is C15H18ClN3O. The summed E-state index contributed by atoms with van der Waals surface area (Å²) in [6.45, 7) is 6.36. The van der Waals surface area contributed by atoms with E-state index < -0.39 is 5.54 Å². The molecule has 0 radical (unpaired) electrons. The number of pyridine rings is 1. The molecule has 0 bridgehead atoms. The van der Waals surface area contributed by atoms with Crippen LogP contribution < -0.4 is 10.6 Å². The summed E-state index contributed by atoms with van der Waals surface area (Å²) in [6.07, 6.45) is 1.70. The van der Waals surface area contributed by atoms with Crippen molar-refractivity contribution in [2.24, 2.45) is 0 Å². The zero-order valence-corrected chi connectivity index (χ0v) is 12.6. The summed E-state index contributed by atoms with van der Waals surface area (Å²) in [5, 5.41) is 7.51. The number of nitrogens with one attached hydrogen (secondary N) is 2. The average Bonchev–Trinajstić information content (AvgIpc) is 2.38. The van der Waals surface area contributed by atoms with Gasteiger partial charge in [0, 0.05) is 16.6 Å². The van der Waals surface area contributed by atoms with Gasteiger partial charge < -0.3 is 10.6 Å². The van der Waals surface area contributed by atoms with E-state index in [0.717, 1.165) is 17.4 Å². The van der Waals surface area contributed by atoms with Crippen molar-refractivity contribution in [2.75, 3.05) is 11.9 Å². The minimum atomic E-state index is -0.655. The van der Waals surface area contributed by atoms with E-state index in [1.54, 1.807) is 12.3 Å². The Balaban J connectivity index is 2.36. The monoisotopic (exact) mass is 291 g/mol. The minimum absolute atomic E-state index is 0.117. The van der Waals surface area contributed by atoms with Crippen LogP contribution in [0.15, 0.2) is 30.5 Å². The molecule has 0 saturated heterocycles. The quantitative estimate of drug-likeness (QED) is 0.909. The molecule has 0 fully saturated rings. The van der Waals surface area contributed by atoms with Gasteiger partial charge in [-0.05, 0) is 38.6 Å². The lowest BCUT2D eigenvalue weighted by Crippen LogP contribution is -2.49. The molecular weight excluding hydrogens is 274 g/mol. The third-order valence-electron chi connectivity index (χ3n) is 3.10. The lowest BCUT2D eigenvalue weighted by molar-refractivity contribution is -0.121. The zero-order valence-electron chi connectivity index (χ0n) is 11.8. The highest BCUT2D eigenvalue weighted by Crippen LogP contribution is 2.26. The van der Waals surface area contributed by atoms with Crippen LogP contribution in [0, 0.1) is 0 Å². The Morgan fingerprint density at radius 3 is 2.85 bits per heavy atom. The molecule has 0 atom stereocenters. The number of amides is 1. The van der Waals surface area contributed by atoms with E-state index in [4.69, 9.17) is 11.6 Å². The fraction of sp³-hybridized carbons (Fsp3) is 0.333. The van der Waals surface area contributed by atoms with Gasteiger partial charge in [-0.1, -0.05) is 24.6 Å². The molecule has 2 N–H and O–H groups in total. The van der Waals surface area contributed by atoms with E-state index in [2.05, 4.69) is 15.6 Å². The predicted octanol–water partition coefficient (Wildman–Crippen LogP) is 3.21. The molecule has 1 aromatic heterocycles. The number of fused-ring (bicyclic) bond motifs is 1. The van der Waals surface area contributed by atoms with Crippen LogP contribution in [0.25, 0.3) is 10.9 Å². The van der Waals surface area contributed by atoms with Crippen LogP contribution >= 0.6 is 11.6 Å².